The fourth-order valence-corrected chi connectivity index (χ4v) is 1.93. The zero-order valence-corrected chi connectivity index (χ0v) is 11.1. The van der Waals surface area contributed by atoms with Gasteiger partial charge in [-0.2, -0.15) is 0 Å². The molecular formula is C15H15NO3. The van der Waals surface area contributed by atoms with Crippen LogP contribution < -0.4 is 9.47 Å². The predicted octanol–water partition coefficient (Wildman–Crippen LogP) is 2.97. The zero-order chi connectivity index (χ0) is 13.8. The SMILES string of the molecule is COc1ccc(-c2cnccc2OC)cc1C(C)=O. The minimum absolute atomic E-state index is 0.0402. The molecule has 0 aliphatic heterocycles. The summed E-state index contributed by atoms with van der Waals surface area (Å²) in [5.41, 5.74) is 2.26. The van der Waals surface area contributed by atoms with Gasteiger partial charge < -0.3 is 9.47 Å². The van der Waals surface area contributed by atoms with Crippen molar-refractivity contribution in [2.24, 2.45) is 0 Å². The molecule has 1 aromatic heterocycles. The Labute approximate surface area is 112 Å². The Bertz CT molecular complexity index is 608. The highest BCUT2D eigenvalue weighted by molar-refractivity contribution is 5.98. The van der Waals surface area contributed by atoms with Crippen LogP contribution in [0.2, 0.25) is 0 Å². The molecule has 0 radical (unpaired) electrons. The van der Waals surface area contributed by atoms with Crippen molar-refractivity contribution in [2.45, 2.75) is 6.92 Å². The van der Waals surface area contributed by atoms with Gasteiger partial charge in [0.2, 0.25) is 0 Å². The minimum atomic E-state index is -0.0402. The van der Waals surface area contributed by atoms with E-state index >= 15 is 0 Å². The number of ketones is 1. The van der Waals surface area contributed by atoms with Crippen molar-refractivity contribution in [3.05, 3.63) is 42.2 Å². The fourth-order valence-electron chi connectivity index (χ4n) is 1.93. The molecule has 98 valence electrons. The molecule has 0 saturated heterocycles. The third-order valence-corrected chi connectivity index (χ3v) is 2.89. The number of Topliss-reactive ketones (excluding diaryl/α,β-unsaturated/α-hetero) is 1. The Kier molecular flexibility index (Phi) is 3.80. The summed E-state index contributed by atoms with van der Waals surface area (Å²) in [6.07, 6.45) is 3.38. The van der Waals surface area contributed by atoms with E-state index in [1.807, 2.05) is 6.07 Å². The molecule has 2 rings (SSSR count). The summed E-state index contributed by atoms with van der Waals surface area (Å²) < 4.78 is 10.5. The van der Waals surface area contributed by atoms with E-state index in [0.717, 1.165) is 16.9 Å². The molecule has 0 bridgehead atoms. The van der Waals surface area contributed by atoms with Gasteiger partial charge in [0.05, 0.1) is 19.8 Å². The Hall–Kier alpha value is -2.36. The summed E-state index contributed by atoms with van der Waals surface area (Å²) in [6.45, 7) is 1.52. The third kappa shape index (κ3) is 2.57. The van der Waals surface area contributed by atoms with Gasteiger partial charge >= 0.3 is 0 Å². The lowest BCUT2D eigenvalue weighted by atomic mass is 10.0. The molecule has 0 saturated carbocycles. The number of aromatic nitrogens is 1. The van der Waals surface area contributed by atoms with Crippen molar-refractivity contribution in [3.8, 4) is 22.6 Å². The van der Waals surface area contributed by atoms with Gasteiger partial charge in [-0.3, -0.25) is 9.78 Å². The van der Waals surface area contributed by atoms with Crippen LogP contribution in [0.3, 0.4) is 0 Å². The van der Waals surface area contributed by atoms with Crippen molar-refractivity contribution in [1.82, 2.24) is 4.98 Å². The molecule has 0 fully saturated rings. The van der Waals surface area contributed by atoms with E-state index in [1.54, 1.807) is 44.8 Å². The lowest BCUT2D eigenvalue weighted by Crippen LogP contribution is -1.98. The van der Waals surface area contributed by atoms with Crippen LogP contribution in [0.25, 0.3) is 11.1 Å². The van der Waals surface area contributed by atoms with Gasteiger partial charge in [-0.05, 0) is 30.7 Å². The quantitative estimate of drug-likeness (QED) is 0.790. The lowest BCUT2D eigenvalue weighted by Gasteiger charge is -2.11. The molecule has 0 N–H and O–H groups in total. The predicted molar refractivity (Wildman–Crippen MR) is 72.8 cm³/mol. The van der Waals surface area contributed by atoms with Crippen LogP contribution in [-0.4, -0.2) is 25.0 Å². The molecule has 1 aromatic carbocycles. The summed E-state index contributed by atoms with van der Waals surface area (Å²) in [4.78, 5) is 15.7. The van der Waals surface area contributed by atoms with E-state index < -0.39 is 0 Å². The second-order valence-corrected chi connectivity index (χ2v) is 4.05. The van der Waals surface area contributed by atoms with Gasteiger partial charge in [0.1, 0.15) is 11.5 Å². The highest BCUT2D eigenvalue weighted by Crippen LogP contribution is 2.32. The first-order valence-corrected chi connectivity index (χ1v) is 5.84. The average molecular weight is 257 g/mol. The van der Waals surface area contributed by atoms with Gasteiger partial charge in [0.25, 0.3) is 0 Å². The van der Waals surface area contributed by atoms with Crippen LogP contribution >= 0.6 is 0 Å². The smallest absolute Gasteiger partial charge is 0.163 e. The molecule has 0 aliphatic rings. The normalized spacial score (nSPS) is 10.1. The maximum Gasteiger partial charge on any atom is 0.163 e. The number of carbonyl (C=O) groups is 1. The van der Waals surface area contributed by atoms with E-state index in [9.17, 15) is 4.79 Å². The summed E-state index contributed by atoms with van der Waals surface area (Å²) in [7, 11) is 3.15. The summed E-state index contributed by atoms with van der Waals surface area (Å²) in [6, 6.07) is 7.23. The number of hydrogen-bond acceptors (Lipinski definition) is 4. The van der Waals surface area contributed by atoms with Crippen LogP contribution in [0.5, 0.6) is 11.5 Å². The Morgan fingerprint density at radius 2 is 1.84 bits per heavy atom. The molecular weight excluding hydrogens is 242 g/mol. The number of hydrogen-bond donors (Lipinski definition) is 0. The first-order chi connectivity index (χ1) is 9.17. The maximum absolute atomic E-state index is 11.6. The largest absolute Gasteiger partial charge is 0.496 e. The van der Waals surface area contributed by atoms with Crippen LogP contribution in [0.15, 0.2) is 36.7 Å². The average Bonchev–Trinajstić information content (AvgIpc) is 2.46. The molecule has 19 heavy (non-hydrogen) atoms. The number of pyridine rings is 1. The fraction of sp³-hybridized carbons (Fsp3) is 0.200. The number of benzene rings is 1. The molecule has 1 heterocycles. The molecule has 0 spiro atoms. The second kappa shape index (κ2) is 5.52. The number of ether oxygens (including phenoxy) is 2. The van der Waals surface area contributed by atoms with Crippen molar-refractivity contribution in [2.75, 3.05) is 14.2 Å². The highest BCUT2D eigenvalue weighted by atomic mass is 16.5. The van der Waals surface area contributed by atoms with E-state index in [0.29, 0.717) is 11.3 Å². The summed E-state index contributed by atoms with van der Waals surface area (Å²) in [5.74, 6) is 1.25. The lowest BCUT2D eigenvalue weighted by molar-refractivity contribution is 0.101. The van der Waals surface area contributed by atoms with Crippen LogP contribution in [0.1, 0.15) is 17.3 Å². The molecule has 0 atom stereocenters. The Morgan fingerprint density at radius 3 is 2.47 bits per heavy atom. The van der Waals surface area contributed by atoms with Crippen molar-refractivity contribution in [1.29, 1.82) is 0 Å². The van der Waals surface area contributed by atoms with Crippen molar-refractivity contribution in [3.63, 3.8) is 0 Å². The van der Waals surface area contributed by atoms with Gasteiger partial charge in [0.15, 0.2) is 5.78 Å². The monoisotopic (exact) mass is 257 g/mol. The third-order valence-electron chi connectivity index (χ3n) is 2.89. The molecule has 0 unspecified atom stereocenters. The van der Waals surface area contributed by atoms with E-state index in [4.69, 9.17) is 9.47 Å². The second-order valence-electron chi connectivity index (χ2n) is 4.05. The molecule has 0 aliphatic carbocycles. The first-order valence-electron chi connectivity index (χ1n) is 5.84. The van der Waals surface area contributed by atoms with Crippen molar-refractivity contribution >= 4 is 5.78 Å². The number of rotatable bonds is 4. The van der Waals surface area contributed by atoms with E-state index in [-0.39, 0.29) is 5.78 Å². The summed E-state index contributed by atoms with van der Waals surface area (Å²) >= 11 is 0. The van der Waals surface area contributed by atoms with Gasteiger partial charge in [-0.15, -0.1) is 0 Å². The van der Waals surface area contributed by atoms with Crippen LogP contribution in [0.4, 0.5) is 0 Å². The standard InChI is InChI=1S/C15H15NO3/c1-10(17)12-8-11(4-5-14(12)18-2)13-9-16-7-6-15(13)19-3/h4-9H,1-3H3. The highest BCUT2D eigenvalue weighted by Gasteiger charge is 2.12. The first kappa shape index (κ1) is 13.1. The molecule has 4 heteroatoms. The number of methoxy groups -OCH3 is 2. The van der Waals surface area contributed by atoms with E-state index in [2.05, 4.69) is 4.98 Å². The van der Waals surface area contributed by atoms with Gasteiger partial charge in [-0.25, -0.2) is 0 Å². The maximum atomic E-state index is 11.6. The molecule has 4 nitrogen and oxygen atoms in total. The van der Waals surface area contributed by atoms with Crippen LogP contribution in [0, 0.1) is 0 Å². The van der Waals surface area contributed by atoms with Crippen molar-refractivity contribution < 1.29 is 14.3 Å². The minimum Gasteiger partial charge on any atom is -0.496 e. The van der Waals surface area contributed by atoms with Gasteiger partial charge in [-0.1, -0.05) is 6.07 Å². The van der Waals surface area contributed by atoms with E-state index in [1.165, 1.54) is 6.92 Å². The van der Waals surface area contributed by atoms with Crippen LogP contribution in [-0.2, 0) is 0 Å². The number of carbonyl (C=O) groups excluding carboxylic acids is 1. The number of nitrogens with zero attached hydrogens (tertiary/aromatic N) is 1. The van der Waals surface area contributed by atoms with Gasteiger partial charge in [0, 0.05) is 18.0 Å². The molecule has 0 amide bonds. The summed E-state index contributed by atoms with van der Waals surface area (Å²) in [5, 5.41) is 0. The Morgan fingerprint density at radius 1 is 1.11 bits per heavy atom. The Balaban J connectivity index is 2.57. The zero-order valence-electron chi connectivity index (χ0n) is 11.1. The topological polar surface area (TPSA) is 48.4 Å². The molecule has 2 aromatic rings.